The number of benzene rings is 2. The quantitative estimate of drug-likeness (QED) is 0.638. The number of anilines is 3. The predicted molar refractivity (Wildman–Crippen MR) is 128 cm³/mol. The molecule has 1 N–H and O–H groups in total. The normalized spacial score (nSPS) is 12.3. The molecular formula is C24H32ClN3O3. The van der Waals surface area contributed by atoms with E-state index >= 15 is 0 Å². The Morgan fingerprint density at radius 3 is 2.35 bits per heavy atom. The van der Waals surface area contributed by atoms with Crippen LogP contribution in [0.25, 0.3) is 0 Å². The van der Waals surface area contributed by atoms with Crippen molar-refractivity contribution in [2.45, 2.75) is 40.0 Å². The average Bonchev–Trinajstić information content (AvgIpc) is 2.91. The smallest absolute Gasteiger partial charge is 0.411 e. The minimum Gasteiger partial charge on any atom is -0.450 e. The molecule has 0 aliphatic carbocycles. The van der Waals surface area contributed by atoms with Crippen LogP contribution < -0.4 is 10.2 Å². The summed E-state index contributed by atoms with van der Waals surface area (Å²) in [6.45, 7) is 8.86. The van der Waals surface area contributed by atoms with E-state index in [4.69, 9.17) is 4.74 Å². The Labute approximate surface area is 191 Å². The fourth-order valence-electron chi connectivity index (χ4n) is 3.86. The molecule has 0 fully saturated rings. The lowest BCUT2D eigenvalue weighted by Crippen LogP contribution is -2.32. The summed E-state index contributed by atoms with van der Waals surface area (Å²) in [5.74, 6) is 0.0609. The number of nitrogens with zero attached hydrogens (tertiary/aromatic N) is 2. The largest absolute Gasteiger partial charge is 0.450 e. The molecule has 2 aromatic carbocycles. The number of fused-ring (bicyclic) bond motifs is 2. The van der Waals surface area contributed by atoms with Crippen LogP contribution in [0.4, 0.5) is 21.9 Å². The highest BCUT2D eigenvalue weighted by molar-refractivity contribution is 6.03. The molecule has 0 atom stereocenters. The Bertz CT molecular complexity index is 899. The maximum absolute atomic E-state index is 13.4. The van der Waals surface area contributed by atoms with E-state index in [-0.39, 0.29) is 18.3 Å². The van der Waals surface area contributed by atoms with Crippen LogP contribution in [0.15, 0.2) is 42.5 Å². The van der Waals surface area contributed by atoms with Crippen molar-refractivity contribution in [3.05, 3.63) is 53.6 Å². The van der Waals surface area contributed by atoms with E-state index in [1.807, 2.05) is 41.3 Å². The van der Waals surface area contributed by atoms with Crippen molar-refractivity contribution in [3.8, 4) is 0 Å². The number of carbonyl (C=O) groups is 2. The van der Waals surface area contributed by atoms with Gasteiger partial charge in [-0.15, -0.1) is 12.4 Å². The SMILES string of the molecule is CCOC(=O)Nc1ccc2c(c1)N(C(=O)CCN(CC)CC)c1ccccc1CC2.Cl. The van der Waals surface area contributed by atoms with Crippen molar-refractivity contribution in [2.24, 2.45) is 0 Å². The van der Waals surface area contributed by atoms with E-state index < -0.39 is 6.09 Å². The molecule has 7 heteroatoms. The number of hydrogen-bond donors (Lipinski definition) is 1. The molecule has 0 bridgehead atoms. The number of halogens is 1. The van der Waals surface area contributed by atoms with Crippen LogP contribution in [0.2, 0.25) is 0 Å². The lowest BCUT2D eigenvalue weighted by atomic mass is 10.0. The Hall–Kier alpha value is -2.57. The number of nitrogens with one attached hydrogen (secondary N) is 1. The van der Waals surface area contributed by atoms with Crippen LogP contribution in [0.5, 0.6) is 0 Å². The van der Waals surface area contributed by atoms with Gasteiger partial charge in [0.1, 0.15) is 0 Å². The van der Waals surface area contributed by atoms with Gasteiger partial charge in [0.05, 0.1) is 18.0 Å². The van der Waals surface area contributed by atoms with Crippen molar-refractivity contribution in [1.29, 1.82) is 0 Å². The summed E-state index contributed by atoms with van der Waals surface area (Å²) >= 11 is 0. The first-order chi connectivity index (χ1) is 14.6. The zero-order valence-electron chi connectivity index (χ0n) is 18.5. The summed E-state index contributed by atoms with van der Waals surface area (Å²) < 4.78 is 5.00. The maximum atomic E-state index is 13.4. The standard InChI is InChI=1S/C24H31N3O3.ClH/c1-4-26(5-2)16-15-23(28)27-21-10-8-7-9-18(21)11-12-19-13-14-20(17-22(19)27)25-24(29)30-6-3;/h7-10,13-14,17H,4-6,11-12,15-16H2,1-3H3,(H,25,29);1H. The van der Waals surface area contributed by atoms with Crippen LogP contribution >= 0.6 is 12.4 Å². The summed E-state index contributed by atoms with van der Waals surface area (Å²) in [4.78, 5) is 29.4. The molecule has 168 valence electrons. The Morgan fingerprint density at radius 2 is 1.68 bits per heavy atom. The summed E-state index contributed by atoms with van der Waals surface area (Å²) in [7, 11) is 0. The Balaban J connectivity index is 0.00000341. The van der Waals surface area contributed by atoms with E-state index in [0.29, 0.717) is 18.7 Å². The lowest BCUT2D eigenvalue weighted by molar-refractivity contribution is -0.118. The molecule has 0 spiro atoms. The van der Waals surface area contributed by atoms with Gasteiger partial charge in [0.2, 0.25) is 5.91 Å². The van der Waals surface area contributed by atoms with Gasteiger partial charge in [0, 0.05) is 18.7 Å². The summed E-state index contributed by atoms with van der Waals surface area (Å²) in [6.07, 6.45) is 1.65. The van der Waals surface area contributed by atoms with Gasteiger partial charge in [-0.25, -0.2) is 4.79 Å². The number of rotatable bonds is 7. The molecule has 0 unspecified atom stereocenters. The topological polar surface area (TPSA) is 61.9 Å². The highest BCUT2D eigenvalue weighted by Crippen LogP contribution is 2.38. The van der Waals surface area contributed by atoms with Crippen molar-refractivity contribution >= 4 is 41.5 Å². The minimum absolute atomic E-state index is 0. The lowest BCUT2D eigenvalue weighted by Gasteiger charge is -2.27. The van der Waals surface area contributed by atoms with E-state index in [0.717, 1.165) is 55.0 Å². The molecule has 2 aromatic rings. The Morgan fingerprint density at radius 1 is 1.00 bits per heavy atom. The fourth-order valence-corrected chi connectivity index (χ4v) is 3.86. The molecule has 3 rings (SSSR count). The summed E-state index contributed by atoms with van der Waals surface area (Å²) in [6, 6.07) is 13.8. The Kier molecular flexibility index (Phi) is 9.34. The number of para-hydroxylation sites is 1. The first-order valence-corrected chi connectivity index (χ1v) is 10.8. The molecule has 31 heavy (non-hydrogen) atoms. The first kappa shape index (κ1) is 24.7. The van der Waals surface area contributed by atoms with Crippen LogP contribution in [0.3, 0.4) is 0 Å². The second-order valence-corrected chi connectivity index (χ2v) is 7.32. The van der Waals surface area contributed by atoms with Crippen molar-refractivity contribution in [2.75, 3.05) is 36.5 Å². The minimum atomic E-state index is -0.495. The van der Waals surface area contributed by atoms with Crippen molar-refractivity contribution in [1.82, 2.24) is 4.90 Å². The molecule has 0 radical (unpaired) electrons. The van der Waals surface area contributed by atoms with E-state index in [9.17, 15) is 9.59 Å². The third-order valence-electron chi connectivity index (χ3n) is 5.53. The summed E-state index contributed by atoms with van der Waals surface area (Å²) in [5, 5.41) is 2.76. The van der Waals surface area contributed by atoms with E-state index in [1.54, 1.807) is 6.92 Å². The number of aryl methyl sites for hydroxylation is 2. The van der Waals surface area contributed by atoms with Gasteiger partial charge in [-0.2, -0.15) is 0 Å². The number of carbonyl (C=O) groups excluding carboxylic acids is 2. The zero-order valence-corrected chi connectivity index (χ0v) is 19.3. The molecule has 0 saturated carbocycles. The predicted octanol–water partition coefficient (Wildman–Crippen LogP) is 5.17. The van der Waals surface area contributed by atoms with Gasteiger partial charge in [-0.05, 0) is 62.2 Å². The third kappa shape index (κ3) is 5.99. The zero-order chi connectivity index (χ0) is 21.5. The van der Waals surface area contributed by atoms with Gasteiger partial charge in [-0.1, -0.05) is 38.1 Å². The molecule has 6 nitrogen and oxygen atoms in total. The third-order valence-corrected chi connectivity index (χ3v) is 5.53. The molecular weight excluding hydrogens is 414 g/mol. The number of ether oxygens (including phenoxy) is 1. The van der Waals surface area contributed by atoms with E-state index in [1.165, 1.54) is 0 Å². The molecule has 1 aliphatic heterocycles. The van der Waals surface area contributed by atoms with Crippen LogP contribution in [-0.2, 0) is 22.4 Å². The van der Waals surface area contributed by atoms with Gasteiger partial charge < -0.3 is 9.64 Å². The highest BCUT2D eigenvalue weighted by Gasteiger charge is 2.26. The van der Waals surface area contributed by atoms with Gasteiger partial charge >= 0.3 is 6.09 Å². The second-order valence-electron chi connectivity index (χ2n) is 7.32. The van der Waals surface area contributed by atoms with Crippen LogP contribution in [-0.4, -0.2) is 43.1 Å². The second kappa shape index (κ2) is 11.7. The highest BCUT2D eigenvalue weighted by atomic mass is 35.5. The molecule has 1 aliphatic rings. The van der Waals surface area contributed by atoms with Gasteiger partial charge in [-0.3, -0.25) is 15.0 Å². The van der Waals surface area contributed by atoms with Gasteiger partial charge in [0.25, 0.3) is 0 Å². The number of amides is 2. The monoisotopic (exact) mass is 445 g/mol. The molecule has 1 heterocycles. The number of hydrogen-bond acceptors (Lipinski definition) is 4. The molecule has 0 saturated heterocycles. The average molecular weight is 446 g/mol. The van der Waals surface area contributed by atoms with Crippen LogP contribution in [0, 0.1) is 0 Å². The molecule has 0 aromatic heterocycles. The van der Waals surface area contributed by atoms with Gasteiger partial charge in [0.15, 0.2) is 0 Å². The maximum Gasteiger partial charge on any atom is 0.411 e. The van der Waals surface area contributed by atoms with E-state index in [2.05, 4.69) is 30.1 Å². The van der Waals surface area contributed by atoms with Crippen LogP contribution in [0.1, 0.15) is 38.3 Å². The van der Waals surface area contributed by atoms with Crippen molar-refractivity contribution < 1.29 is 14.3 Å². The molecule has 2 amide bonds. The summed E-state index contributed by atoms with van der Waals surface area (Å²) in [5.41, 5.74) is 4.63. The van der Waals surface area contributed by atoms with Crippen molar-refractivity contribution in [3.63, 3.8) is 0 Å². The first-order valence-electron chi connectivity index (χ1n) is 10.8. The fraction of sp³-hybridized carbons (Fsp3) is 0.417.